The van der Waals surface area contributed by atoms with Gasteiger partial charge in [-0.1, -0.05) is 170 Å². The molecule has 0 atom stereocenters. The van der Waals surface area contributed by atoms with Crippen molar-refractivity contribution in [2.24, 2.45) is 0 Å². The molecule has 0 amide bonds. The molecule has 280 valence electrons. The average molecular weight is 747 g/mol. The van der Waals surface area contributed by atoms with Crippen LogP contribution in [0.25, 0.3) is 33.4 Å². The Bertz CT molecular complexity index is 2640. The second-order valence-electron chi connectivity index (χ2n) is 14.3. The molecule has 2 aliphatic carbocycles. The van der Waals surface area contributed by atoms with E-state index in [-0.39, 0.29) is 0 Å². The Morgan fingerprint density at radius 3 is 1.93 bits per heavy atom. The lowest BCUT2D eigenvalue weighted by atomic mass is 9.93. The van der Waals surface area contributed by atoms with Gasteiger partial charge in [0.25, 0.3) is 0 Å². The fourth-order valence-corrected chi connectivity index (χ4v) is 7.59. The highest BCUT2D eigenvalue weighted by atomic mass is 15.1. The van der Waals surface area contributed by atoms with Gasteiger partial charge in [0.05, 0.1) is 0 Å². The summed E-state index contributed by atoms with van der Waals surface area (Å²) < 4.78 is 0. The third-order valence-corrected chi connectivity index (χ3v) is 10.4. The highest BCUT2D eigenvalue weighted by Crippen LogP contribution is 2.40. The van der Waals surface area contributed by atoms with Gasteiger partial charge >= 0.3 is 0 Å². The quantitative estimate of drug-likeness (QED) is 0.0858. The second kappa shape index (κ2) is 18.5. The molecule has 0 unspecified atom stereocenters. The Kier molecular flexibility index (Phi) is 12.0. The Morgan fingerprint density at radius 2 is 1.22 bits per heavy atom. The molecule has 0 N–H and O–H groups in total. The minimum atomic E-state index is 0.704. The van der Waals surface area contributed by atoms with Crippen LogP contribution in [-0.2, 0) is 0 Å². The highest BCUT2D eigenvalue weighted by molar-refractivity contribution is 5.88. The fraction of sp³-hybridized carbons (Fsp3) is 0.0714. The zero-order valence-corrected chi connectivity index (χ0v) is 32.7. The third-order valence-electron chi connectivity index (χ3n) is 10.4. The predicted molar refractivity (Wildman–Crippen MR) is 248 cm³/mol. The Balaban J connectivity index is 1.14. The number of benzene rings is 6. The molecule has 2 nitrogen and oxygen atoms in total. The molecule has 0 spiro atoms. The van der Waals surface area contributed by atoms with E-state index in [2.05, 4.69) is 222 Å². The topological polar surface area (TPSA) is 6.48 Å². The maximum Gasteiger partial charge on any atom is 0.0467 e. The largest absolute Gasteiger partial charge is 0.338 e. The standard InChI is InChI=1S/C56H46N2/c1-2-21-44(45-22-8-5-9-23-45)28-20-41-57(50-29-12-3-4-13-30-50)53-33-18-26-48(42-53)55-35-16-17-36-56(55)49-27-19-34-54(43-49)58(51-31-14-7-15-32-51)52-39-37-47(38-40-52)46-24-10-6-11-25-46/h2,5-8,10-12,14-22,24-40,42-43H,1,3-4,13,41H2/b28-20-,44-21+. The maximum atomic E-state index is 3.96. The van der Waals surface area contributed by atoms with Crippen LogP contribution in [0.3, 0.4) is 0 Å². The van der Waals surface area contributed by atoms with Gasteiger partial charge < -0.3 is 9.80 Å². The minimum absolute atomic E-state index is 0.704. The lowest BCUT2D eigenvalue weighted by Gasteiger charge is -2.27. The van der Waals surface area contributed by atoms with Crippen LogP contribution in [0.4, 0.5) is 22.7 Å². The molecule has 0 fully saturated rings. The summed E-state index contributed by atoms with van der Waals surface area (Å²) in [4.78, 5) is 4.75. The van der Waals surface area contributed by atoms with Gasteiger partial charge in [-0.15, -0.1) is 0 Å². The number of para-hydroxylation sites is 1. The molecule has 0 radical (unpaired) electrons. The van der Waals surface area contributed by atoms with Crippen LogP contribution < -0.4 is 9.80 Å². The molecule has 0 aromatic heterocycles. The molecule has 0 saturated heterocycles. The lowest BCUT2D eigenvalue weighted by Crippen LogP contribution is -2.21. The van der Waals surface area contributed by atoms with E-state index in [1.807, 2.05) is 24.3 Å². The zero-order valence-electron chi connectivity index (χ0n) is 32.7. The molecule has 6 aromatic rings. The van der Waals surface area contributed by atoms with Gasteiger partial charge in [0.2, 0.25) is 0 Å². The number of nitrogens with zero attached hydrogens (tertiary/aromatic N) is 2. The third kappa shape index (κ3) is 8.87. The lowest BCUT2D eigenvalue weighted by molar-refractivity contribution is 0.871. The molecular formula is C56H46N2. The molecule has 8 rings (SSSR count). The van der Waals surface area contributed by atoms with Crippen molar-refractivity contribution in [1.82, 2.24) is 0 Å². The summed E-state index contributed by atoms with van der Waals surface area (Å²) in [5.41, 5.74) is 21.2. The monoisotopic (exact) mass is 746 g/mol. The van der Waals surface area contributed by atoms with E-state index >= 15 is 0 Å². The van der Waals surface area contributed by atoms with Crippen molar-refractivity contribution in [3.63, 3.8) is 0 Å². The van der Waals surface area contributed by atoms with E-state index in [1.165, 1.54) is 33.5 Å². The van der Waals surface area contributed by atoms with Crippen molar-refractivity contribution >= 4 is 22.7 Å². The molecule has 2 aliphatic rings. The molecular weight excluding hydrogens is 701 g/mol. The summed E-state index contributed by atoms with van der Waals surface area (Å²) in [6, 6.07) is 56.7. The molecule has 0 aliphatic heterocycles. The maximum absolute atomic E-state index is 3.96. The van der Waals surface area contributed by atoms with Crippen LogP contribution in [0.1, 0.15) is 19.3 Å². The van der Waals surface area contributed by atoms with Gasteiger partial charge in [0.15, 0.2) is 0 Å². The van der Waals surface area contributed by atoms with Crippen LogP contribution in [-0.4, -0.2) is 6.54 Å². The number of anilines is 4. The van der Waals surface area contributed by atoms with E-state index in [0.29, 0.717) is 6.54 Å². The predicted octanol–water partition coefficient (Wildman–Crippen LogP) is 15.1. The molecule has 6 aromatic carbocycles. The van der Waals surface area contributed by atoms with E-state index < -0.39 is 0 Å². The van der Waals surface area contributed by atoms with E-state index in [4.69, 9.17) is 0 Å². The van der Waals surface area contributed by atoms with Crippen LogP contribution in [0, 0.1) is 0 Å². The van der Waals surface area contributed by atoms with Gasteiger partial charge in [-0.2, -0.15) is 0 Å². The van der Waals surface area contributed by atoms with Gasteiger partial charge in [-0.05, 0) is 125 Å². The smallest absolute Gasteiger partial charge is 0.0467 e. The van der Waals surface area contributed by atoms with E-state index in [0.717, 1.165) is 58.7 Å². The van der Waals surface area contributed by atoms with Crippen molar-refractivity contribution in [1.29, 1.82) is 0 Å². The SMILES string of the molecule is C=C/C=C(\C=C/CN(C1=CCCCC=C1)c1cccc(-c2ccccc2-c2cccc(N(c3ccccc3)c3ccc(-c4ccccc4)cc3)c2)c1)C1=C=C=CC=C1. The van der Waals surface area contributed by atoms with Crippen LogP contribution in [0.5, 0.6) is 0 Å². The first-order chi connectivity index (χ1) is 28.7. The van der Waals surface area contributed by atoms with E-state index in [1.54, 1.807) is 0 Å². The van der Waals surface area contributed by atoms with Crippen molar-refractivity contribution < 1.29 is 0 Å². The summed E-state index contributed by atoms with van der Waals surface area (Å²) in [6.45, 7) is 4.66. The Hall–Kier alpha value is -7.34. The zero-order chi connectivity index (χ0) is 39.4. The Labute approximate surface area is 343 Å². The summed E-state index contributed by atoms with van der Waals surface area (Å²) in [7, 11) is 0. The van der Waals surface area contributed by atoms with Crippen molar-refractivity contribution in [3.05, 3.63) is 253 Å². The fourth-order valence-electron chi connectivity index (χ4n) is 7.59. The van der Waals surface area contributed by atoms with Crippen LogP contribution in [0.15, 0.2) is 253 Å². The van der Waals surface area contributed by atoms with Crippen molar-refractivity contribution in [2.75, 3.05) is 16.3 Å². The summed E-state index contributed by atoms with van der Waals surface area (Å²) >= 11 is 0. The second-order valence-corrected chi connectivity index (χ2v) is 14.3. The molecule has 0 heterocycles. The molecule has 0 saturated carbocycles. The first-order valence-corrected chi connectivity index (χ1v) is 20.1. The van der Waals surface area contributed by atoms with Gasteiger partial charge in [0.1, 0.15) is 0 Å². The highest BCUT2D eigenvalue weighted by Gasteiger charge is 2.17. The number of hydrogen-bond donors (Lipinski definition) is 0. The number of hydrogen-bond acceptors (Lipinski definition) is 2. The summed E-state index contributed by atoms with van der Waals surface area (Å²) in [5, 5.41) is 0. The summed E-state index contributed by atoms with van der Waals surface area (Å²) in [5.74, 6) is 0. The van der Waals surface area contributed by atoms with Crippen LogP contribution >= 0.6 is 0 Å². The van der Waals surface area contributed by atoms with E-state index in [9.17, 15) is 0 Å². The van der Waals surface area contributed by atoms with Crippen LogP contribution in [0.2, 0.25) is 0 Å². The van der Waals surface area contributed by atoms with Crippen molar-refractivity contribution in [3.8, 4) is 33.4 Å². The summed E-state index contributed by atoms with van der Waals surface area (Å²) in [6.07, 6.45) is 24.4. The van der Waals surface area contributed by atoms with Gasteiger partial charge in [-0.25, -0.2) is 0 Å². The van der Waals surface area contributed by atoms with Gasteiger partial charge in [0, 0.05) is 40.6 Å². The Morgan fingerprint density at radius 1 is 0.603 bits per heavy atom. The van der Waals surface area contributed by atoms with Gasteiger partial charge in [-0.3, -0.25) is 0 Å². The van der Waals surface area contributed by atoms with Crippen molar-refractivity contribution in [2.45, 2.75) is 19.3 Å². The first-order valence-electron chi connectivity index (χ1n) is 20.1. The first kappa shape index (κ1) is 37.6. The molecule has 2 heteroatoms. The number of rotatable bonds is 13. The number of allylic oxidation sites excluding steroid dienone is 11. The molecule has 58 heavy (non-hydrogen) atoms. The molecule has 0 bridgehead atoms. The average Bonchev–Trinajstić information content (AvgIpc) is 3.59. The minimum Gasteiger partial charge on any atom is -0.338 e. The normalized spacial score (nSPS) is 13.6.